The van der Waals surface area contributed by atoms with E-state index in [4.69, 9.17) is 5.84 Å². The molecule has 4 N–H and O–H groups in total. The molecule has 1 amide bonds. The highest BCUT2D eigenvalue weighted by Crippen LogP contribution is 2.16. The van der Waals surface area contributed by atoms with Crippen molar-refractivity contribution < 1.29 is 4.79 Å². The summed E-state index contributed by atoms with van der Waals surface area (Å²) >= 11 is 0. The van der Waals surface area contributed by atoms with Gasteiger partial charge in [0.05, 0.1) is 17.8 Å². The molecule has 7 nitrogen and oxygen atoms in total. The Morgan fingerprint density at radius 1 is 1.47 bits per heavy atom. The maximum atomic E-state index is 12.1. The maximum Gasteiger partial charge on any atom is 0.253 e. The van der Waals surface area contributed by atoms with E-state index in [0.717, 1.165) is 5.56 Å². The molecule has 0 atom stereocenters. The predicted molar refractivity (Wildman–Crippen MR) is 71.2 cm³/mol. The summed E-state index contributed by atoms with van der Waals surface area (Å²) in [6.45, 7) is 2.19. The van der Waals surface area contributed by atoms with Gasteiger partial charge in [-0.2, -0.15) is 5.10 Å². The second-order valence-corrected chi connectivity index (χ2v) is 4.21. The molecule has 0 bridgehead atoms. The molecule has 0 aliphatic heterocycles. The van der Waals surface area contributed by atoms with Crippen molar-refractivity contribution in [3.8, 4) is 0 Å². The lowest BCUT2D eigenvalue weighted by atomic mass is 10.1. The molecular weight excluding hydrogens is 244 g/mol. The van der Waals surface area contributed by atoms with Crippen molar-refractivity contribution >= 4 is 11.6 Å². The van der Waals surface area contributed by atoms with E-state index in [1.165, 1.54) is 0 Å². The minimum absolute atomic E-state index is 0.218. The van der Waals surface area contributed by atoms with Crippen LogP contribution in [0.3, 0.4) is 0 Å². The Bertz CT molecular complexity index is 592. The molecule has 0 saturated heterocycles. The van der Waals surface area contributed by atoms with Gasteiger partial charge in [0.25, 0.3) is 5.91 Å². The molecule has 1 aromatic heterocycles. The van der Waals surface area contributed by atoms with E-state index in [9.17, 15) is 4.79 Å². The smallest absolute Gasteiger partial charge is 0.253 e. The molecule has 0 fully saturated rings. The minimum Gasteiger partial charge on any atom is -0.345 e. The summed E-state index contributed by atoms with van der Waals surface area (Å²) in [5, 5.41) is 6.84. The van der Waals surface area contributed by atoms with E-state index in [1.54, 1.807) is 30.2 Å². The Balaban J connectivity index is 2.09. The van der Waals surface area contributed by atoms with Crippen LogP contribution in [0.2, 0.25) is 0 Å². The molecule has 2 rings (SSSR count). The largest absolute Gasteiger partial charge is 0.345 e. The fourth-order valence-electron chi connectivity index (χ4n) is 1.69. The maximum absolute atomic E-state index is 12.1. The van der Waals surface area contributed by atoms with Gasteiger partial charge in [-0.25, -0.2) is 4.98 Å². The number of nitrogens with two attached hydrogens (primary N) is 1. The van der Waals surface area contributed by atoms with Gasteiger partial charge >= 0.3 is 0 Å². The molecule has 0 radical (unpaired) electrons. The van der Waals surface area contributed by atoms with Crippen LogP contribution >= 0.6 is 0 Å². The highest BCUT2D eigenvalue weighted by atomic mass is 16.1. The Morgan fingerprint density at radius 2 is 2.26 bits per heavy atom. The third-order valence-electron chi connectivity index (χ3n) is 2.63. The van der Waals surface area contributed by atoms with E-state index in [0.29, 0.717) is 17.1 Å². The fraction of sp³-hybridized carbons (Fsp3) is 0.250. The van der Waals surface area contributed by atoms with Crippen LogP contribution in [0.5, 0.6) is 0 Å². The van der Waals surface area contributed by atoms with Gasteiger partial charge in [-0.15, -0.1) is 0 Å². The van der Waals surface area contributed by atoms with Gasteiger partial charge in [-0.3, -0.25) is 15.3 Å². The molecule has 0 aliphatic carbocycles. The van der Waals surface area contributed by atoms with Crippen molar-refractivity contribution in [2.45, 2.75) is 13.5 Å². The molecule has 2 aromatic rings. The number of nitrogen functional groups attached to an aromatic ring is 1. The minimum atomic E-state index is -0.218. The zero-order chi connectivity index (χ0) is 13.8. The SMILES string of the molecule is Cc1ccc(NN)c(C(=O)NCc2ncn(C)n2)c1. The zero-order valence-electron chi connectivity index (χ0n) is 10.8. The van der Waals surface area contributed by atoms with E-state index < -0.39 is 0 Å². The molecular formula is C12H16N6O. The highest BCUT2D eigenvalue weighted by molar-refractivity contribution is 5.99. The first kappa shape index (κ1) is 13.0. The lowest BCUT2D eigenvalue weighted by Gasteiger charge is -2.09. The lowest BCUT2D eigenvalue weighted by molar-refractivity contribution is 0.0950. The van der Waals surface area contributed by atoms with Crippen LogP contribution in [0.15, 0.2) is 24.5 Å². The summed E-state index contributed by atoms with van der Waals surface area (Å²) in [6.07, 6.45) is 1.58. The van der Waals surface area contributed by atoms with Crippen molar-refractivity contribution in [2.24, 2.45) is 12.9 Å². The Kier molecular flexibility index (Phi) is 3.76. The van der Waals surface area contributed by atoms with Gasteiger partial charge < -0.3 is 10.7 Å². The van der Waals surface area contributed by atoms with Crippen LogP contribution in [0.1, 0.15) is 21.7 Å². The van der Waals surface area contributed by atoms with E-state index >= 15 is 0 Å². The van der Waals surface area contributed by atoms with E-state index in [1.807, 2.05) is 13.0 Å². The normalized spacial score (nSPS) is 10.3. The number of aromatic nitrogens is 3. The first-order valence-corrected chi connectivity index (χ1v) is 5.80. The van der Waals surface area contributed by atoms with Crippen LogP contribution in [0, 0.1) is 6.92 Å². The molecule has 0 spiro atoms. The molecule has 19 heavy (non-hydrogen) atoms. The summed E-state index contributed by atoms with van der Waals surface area (Å²) in [5.74, 6) is 5.73. The third-order valence-corrected chi connectivity index (χ3v) is 2.63. The second kappa shape index (κ2) is 5.49. The number of hydrazine groups is 1. The monoisotopic (exact) mass is 260 g/mol. The van der Waals surface area contributed by atoms with Gasteiger partial charge in [0.15, 0.2) is 5.82 Å². The molecule has 7 heteroatoms. The summed E-state index contributed by atoms with van der Waals surface area (Å²) in [4.78, 5) is 16.1. The fourth-order valence-corrected chi connectivity index (χ4v) is 1.69. The Hall–Kier alpha value is -2.41. The number of benzene rings is 1. The Morgan fingerprint density at radius 3 is 2.89 bits per heavy atom. The molecule has 1 aromatic carbocycles. The number of hydrogen-bond donors (Lipinski definition) is 3. The highest BCUT2D eigenvalue weighted by Gasteiger charge is 2.11. The van der Waals surface area contributed by atoms with Crippen LogP contribution < -0.4 is 16.6 Å². The first-order valence-electron chi connectivity index (χ1n) is 5.80. The van der Waals surface area contributed by atoms with Crippen molar-refractivity contribution in [2.75, 3.05) is 5.43 Å². The average Bonchev–Trinajstić information content (AvgIpc) is 2.81. The van der Waals surface area contributed by atoms with E-state index in [2.05, 4.69) is 20.8 Å². The zero-order valence-corrected chi connectivity index (χ0v) is 10.8. The van der Waals surface area contributed by atoms with Gasteiger partial charge in [0.1, 0.15) is 6.33 Å². The number of rotatable bonds is 4. The number of carbonyl (C=O) groups excluding carboxylic acids is 1. The van der Waals surface area contributed by atoms with Crippen molar-refractivity contribution in [3.05, 3.63) is 41.5 Å². The van der Waals surface area contributed by atoms with Gasteiger partial charge in [-0.1, -0.05) is 11.6 Å². The van der Waals surface area contributed by atoms with Crippen LogP contribution in [0.25, 0.3) is 0 Å². The van der Waals surface area contributed by atoms with Gasteiger partial charge in [0.2, 0.25) is 0 Å². The standard InChI is InChI=1S/C12H16N6O/c1-8-3-4-10(16-13)9(5-8)12(19)14-6-11-15-7-18(2)17-11/h3-5,7,16H,6,13H2,1-2H3,(H,14,19). The molecule has 0 aliphatic rings. The van der Waals surface area contributed by atoms with Crippen molar-refractivity contribution in [1.29, 1.82) is 0 Å². The second-order valence-electron chi connectivity index (χ2n) is 4.21. The number of amides is 1. The number of anilines is 1. The number of nitrogens with one attached hydrogen (secondary N) is 2. The molecule has 0 saturated carbocycles. The number of hydrogen-bond acceptors (Lipinski definition) is 5. The quantitative estimate of drug-likeness (QED) is 0.544. The molecule has 0 unspecified atom stereocenters. The summed E-state index contributed by atoms with van der Waals surface area (Å²) in [6, 6.07) is 5.42. The first-order chi connectivity index (χ1) is 9.10. The predicted octanol–water partition coefficient (Wildman–Crippen LogP) is 0.339. The average molecular weight is 260 g/mol. The number of carbonyl (C=O) groups is 1. The van der Waals surface area contributed by atoms with Crippen LogP contribution in [-0.4, -0.2) is 20.7 Å². The summed E-state index contributed by atoms with van der Waals surface area (Å²) in [7, 11) is 1.77. The summed E-state index contributed by atoms with van der Waals surface area (Å²) in [5.41, 5.74) is 4.58. The number of aryl methyl sites for hydroxylation is 2. The Labute approximate surface area is 110 Å². The number of nitrogens with zero attached hydrogens (tertiary/aromatic N) is 3. The van der Waals surface area contributed by atoms with Crippen LogP contribution in [0.4, 0.5) is 5.69 Å². The van der Waals surface area contributed by atoms with Crippen molar-refractivity contribution in [1.82, 2.24) is 20.1 Å². The molecule has 1 heterocycles. The topological polar surface area (TPSA) is 97.9 Å². The van der Waals surface area contributed by atoms with Crippen LogP contribution in [-0.2, 0) is 13.6 Å². The van der Waals surface area contributed by atoms with Gasteiger partial charge in [-0.05, 0) is 19.1 Å². The summed E-state index contributed by atoms with van der Waals surface area (Å²) < 4.78 is 1.58. The lowest BCUT2D eigenvalue weighted by Crippen LogP contribution is -2.25. The van der Waals surface area contributed by atoms with Crippen molar-refractivity contribution in [3.63, 3.8) is 0 Å². The molecule has 100 valence electrons. The van der Waals surface area contributed by atoms with E-state index in [-0.39, 0.29) is 12.5 Å². The van der Waals surface area contributed by atoms with Gasteiger partial charge in [0, 0.05) is 7.05 Å². The third kappa shape index (κ3) is 3.08.